The van der Waals surface area contributed by atoms with Gasteiger partial charge in [-0.25, -0.2) is 4.98 Å². The number of aliphatic hydroxyl groups is 1. The van der Waals surface area contributed by atoms with Crippen molar-refractivity contribution in [2.24, 2.45) is 0 Å². The number of carbonyl (C=O) groups is 1. The van der Waals surface area contributed by atoms with E-state index in [4.69, 9.17) is 14.9 Å². The molecule has 1 amide bonds. The first-order chi connectivity index (χ1) is 15.9. The van der Waals surface area contributed by atoms with Crippen LogP contribution >= 0.6 is 0 Å². The van der Waals surface area contributed by atoms with Gasteiger partial charge in [0.25, 0.3) is 0 Å². The highest BCUT2D eigenvalue weighted by molar-refractivity contribution is 5.85. The third kappa shape index (κ3) is 13.2. The lowest BCUT2D eigenvalue weighted by Crippen LogP contribution is -2.29. The highest BCUT2D eigenvalue weighted by atomic mass is 16.5. The van der Waals surface area contributed by atoms with Crippen LogP contribution in [-0.2, 0) is 9.53 Å². The molecule has 0 saturated heterocycles. The number of anilines is 1. The van der Waals surface area contributed by atoms with Crippen molar-refractivity contribution >= 4 is 18.4 Å². The smallest absolute Gasteiger partial charge is 0.206 e. The molecule has 5 N–H and O–H groups in total. The second kappa shape index (κ2) is 18.6. The lowest BCUT2D eigenvalue weighted by molar-refractivity contribution is -0.109. The van der Waals surface area contributed by atoms with Crippen LogP contribution in [0.1, 0.15) is 26.3 Å². The molecule has 0 aliphatic rings. The Morgan fingerprint density at radius 2 is 1.88 bits per heavy atom. The van der Waals surface area contributed by atoms with Gasteiger partial charge in [0.1, 0.15) is 24.3 Å². The lowest BCUT2D eigenvalue weighted by Gasteiger charge is -2.14. The molecule has 1 unspecified atom stereocenters. The van der Waals surface area contributed by atoms with Crippen LogP contribution in [0.25, 0.3) is 11.3 Å². The highest BCUT2D eigenvalue weighted by Gasteiger charge is 2.09. The number of nitrogens with zero attached hydrogens (tertiary/aromatic N) is 1. The number of hydrogen-bond donors (Lipinski definition) is 5. The second-order valence-corrected chi connectivity index (χ2v) is 7.11. The third-order valence-corrected chi connectivity index (χ3v) is 3.93. The van der Waals surface area contributed by atoms with Crippen molar-refractivity contribution in [3.05, 3.63) is 42.0 Å². The Hall–Kier alpha value is -3.01. The van der Waals surface area contributed by atoms with Crippen LogP contribution in [0.2, 0.25) is 0 Å². The van der Waals surface area contributed by atoms with E-state index >= 15 is 0 Å². The van der Waals surface area contributed by atoms with Crippen LogP contribution in [0.5, 0.6) is 5.75 Å². The molecular weight excluding hydrogens is 422 g/mol. The monoisotopic (exact) mass is 461 g/mol. The highest BCUT2D eigenvalue weighted by Crippen LogP contribution is 2.25. The summed E-state index contributed by atoms with van der Waals surface area (Å²) in [4.78, 5) is 13.7. The molecule has 1 atom stereocenters. The van der Waals surface area contributed by atoms with Gasteiger partial charge < -0.3 is 35.9 Å². The normalized spacial score (nSPS) is 10.7. The van der Waals surface area contributed by atoms with Crippen LogP contribution in [0, 0.1) is 5.41 Å². The van der Waals surface area contributed by atoms with E-state index in [0.29, 0.717) is 24.5 Å². The molecule has 1 aromatic heterocycles. The van der Waals surface area contributed by atoms with Crippen molar-refractivity contribution in [2.75, 3.05) is 46.3 Å². The largest absolute Gasteiger partial charge is 0.491 e. The molecule has 1 heterocycles. The fraction of sp³-hybridized carbons (Fsp3) is 0.458. The molecule has 33 heavy (non-hydrogen) atoms. The van der Waals surface area contributed by atoms with Gasteiger partial charge in [-0.3, -0.25) is 4.79 Å². The lowest BCUT2D eigenvalue weighted by atomic mass is 10.1. The van der Waals surface area contributed by atoms with Crippen LogP contribution in [0.15, 0.2) is 36.4 Å². The predicted octanol–water partition coefficient (Wildman–Crippen LogP) is 2.54. The van der Waals surface area contributed by atoms with Crippen molar-refractivity contribution in [3.8, 4) is 17.0 Å². The van der Waals surface area contributed by atoms with Gasteiger partial charge in [0, 0.05) is 50.7 Å². The first kappa shape index (κ1) is 30.0. The molecular formula is C24H39N5O4. The number of hydrogen-bond acceptors (Lipinski definition) is 8. The Labute approximate surface area is 197 Å². The topological polar surface area (TPSA) is 129 Å². The molecule has 0 fully saturated rings. The minimum atomic E-state index is -0.555. The van der Waals surface area contributed by atoms with Gasteiger partial charge in [0.15, 0.2) is 0 Å². The zero-order valence-electron chi connectivity index (χ0n) is 20.5. The van der Waals surface area contributed by atoms with E-state index in [1.807, 2.05) is 57.2 Å². The third-order valence-electron chi connectivity index (χ3n) is 3.93. The molecule has 2 rings (SSSR count). The summed E-state index contributed by atoms with van der Waals surface area (Å²) in [6, 6.07) is 11.6. The quantitative estimate of drug-likeness (QED) is 0.257. The summed E-state index contributed by atoms with van der Waals surface area (Å²) < 4.78 is 10.2. The summed E-state index contributed by atoms with van der Waals surface area (Å²) in [5, 5.41) is 25.7. The average Bonchev–Trinajstić information content (AvgIpc) is 2.83. The fourth-order valence-electron chi connectivity index (χ4n) is 2.37. The van der Waals surface area contributed by atoms with Gasteiger partial charge >= 0.3 is 0 Å². The summed E-state index contributed by atoms with van der Waals surface area (Å²) in [5.41, 5.74) is 2.47. The van der Waals surface area contributed by atoms with E-state index in [2.05, 4.69) is 25.7 Å². The Morgan fingerprint density at radius 1 is 1.21 bits per heavy atom. The van der Waals surface area contributed by atoms with Crippen molar-refractivity contribution in [3.63, 3.8) is 0 Å². The molecule has 0 aliphatic heterocycles. The molecule has 2 aromatic rings. The van der Waals surface area contributed by atoms with Crippen molar-refractivity contribution in [2.45, 2.75) is 32.9 Å². The number of methoxy groups -OCH3 is 1. The summed E-state index contributed by atoms with van der Waals surface area (Å²) in [5.74, 6) is 1.38. The maximum atomic E-state index is 9.75. The van der Waals surface area contributed by atoms with E-state index in [0.717, 1.165) is 23.4 Å². The van der Waals surface area contributed by atoms with Crippen LogP contribution < -0.4 is 20.7 Å². The zero-order chi connectivity index (χ0) is 25.1. The van der Waals surface area contributed by atoms with E-state index in [9.17, 15) is 5.11 Å². The number of carbonyl (C=O) groups excluding carboxylic acids is 1. The predicted molar refractivity (Wildman–Crippen MR) is 134 cm³/mol. The molecule has 0 spiro atoms. The molecule has 0 radical (unpaired) electrons. The van der Waals surface area contributed by atoms with Gasteiger partial charge in [-0.1, -0.05) is 12.1 Å². The van der Waals surface area contributed by atoms with E-state index in [1.54, 1.807) is 21.2 Å². The standard InChI is InChI=1S/C19H26N4O2.C3H8O.C2H5NO/c1-13(2)22-19-15(10-20)7-8-18(23-19)14-5-4-6-17(9-14)25-12-16(24)11-21-3;1-3-4-2;1-3-2-4/h4-10,13,16,20-21,24H,11-12H2,1-3H3,(H,22,23);3H2,1-2H3;2H,1H3,(H,3,4). The van der Waals surface area contributed by atoms with E-state index in [-0.39, 0.29) is 12.6 Å². The maximum Gasteiger partial charge on any atom is 0.206 e. The molecule has 0 saturated carbocycles. The first-order valence-electron chi connectivity index (χ1n) is 10.8. The van der Waals surface area contributed by atoms with Crippen LogP contribution in [0.4, 0.5) is 5.82 Å². The SMILES string of the molecule is CCOC.CNC=O.CNCC(O)COc1cccc(-c2ccc(C=N)c(NC(C)C)n2)c1. The molecule has 0 bridgehead atoms. The van der Waals surface area contributed by atoms with E-state index in [1.165, 1.54) is 6.21 Å². The Morgan fingerprint density at radius 3 is 2.39 bits per heavy atom. The number of amides is 1. The molecule has 9 heteroatoms. The number of likely N-dealkylation sites (N-methyl/N-ethyl adjacent to an activating group) is 1. The summed E-state index contributed by atoms with van der Waals surface area (Å²) in [6.45, 7) is 7.56. The molecule has 184 valence electrons. The summed E-state index contributed by atoms with van der Waals surface area (Å²) >= 11 is 0. The molecule has 0 aliphatic carbocycles. The number of nitrogens with one attached hydrogen (secondary N) is 4. The average molecular weight is 462 g/mol. The molecule has 1 aromatic carbocycles. The van der Waals surface area contributed by atoms with Gasteiger partial charge in [0.05, 0.1) is 5.69 Å². The van der Waals surface area contributed by atoms with Crippen molar-refractivity contribution < 1.29 is 19.4 Å². The van der Waals surface area contributed by atoms with Gasteiger partial charge in [-0.15, -0.1) is 0 Å². The number of ether oxygens (including phenoxy) is 2. The maximum absolute atomic E-state index is 9.75. The number of benzene rings is 1. The van der Waals surface area contributed by atoms with Crippen LogP contribution in [-0.4, -0.2) is 75.8 Å². The number of pyridine rings is 1. The van der Waals surface area contributed by atoms with Gasteiger partial charge in [-0.05, 0) is 52.1 Å². The first-order valence-corrected chi connectivity index (χ1v) is 10.8. The Balaban J connectivity index is 0.00000111. The minimum Gasteiger partial charge on any atom is -0.491 e. The number of aliphatic hydroxyl groups excluding tert-OH is 1. The van der Waals surface area contributed by atoms with Crippen molar-refractivity contribution in [1.82, 2.24) is 15.6 Å². The van der Waals surface area contributed by atoms with E-state index < -0.39 is 6.10 Å². The van der Waals surface area contributed by atoms with Gasteiger partial charge in [-0.2, -0.15) is 0 Å². The van der Waals surface area contributed by atoms with Crippen molar-refractivity contribution in [1.29, 1.82) is 5.41 Å². The summed E-state index contributed by atoms with van der Waals surface area (Å²) in [7, 11) is 5.03. The summed E-state index contributed by atoms with van der Waals surface area (Å²) in [6.07, 6.45) is 1.37. The zero-order valence-corrected chi connectivity index (χ0v) is 20.5. The molecule has 9 nitrogen and oxygen atoms in total. The second-order valence-electron chi connectivity index (χ2n) is 7.11. The minimum absolute atomic E-state index is 0.227. The fourth-order valence-corrected chi connectivity index (χ4v) is 2.37. The van der Waals surface area contributed by atoms with Gasteiger partial charge in [0.2, 0.25) is 6.41 Å². The Kier molecular flexibility index (Phi) is 16.9. The number of aromatic nitrogens is 1. The number of rotatable bonds is 11. The van der Waals surface area contributed by atoms with Crippen LogP contribution in [0.3, 0.4) is 0 Å². The Bertz CT molecular complexity index is 800.